The van der Waals surface area contributed by atoms with E-state index in [1.807, 2.05) is 49.6 Å². The second-order valence-corrected chi connectivity index (χ2v) is 10.0. The van der Waals surface area contributed by atoms with E-state index in [1.54, 1.807) is 18.5 Å². The minimum absolute atomic E-state index is 0.166. The molecule has 12 heteroatoms. The zero-order chi connectivity index (χ0) is 24.1. The molecule has 1 fully saturated rings. The van der Waals surface area contributed by atoms with E-state index >= 15 is 0 Å². The van der Waals surface area contributed by atoms with Gasteiger partial charge in [-0.25, -0.2) is 20.0 Å². The molecule has 1 saturated heterocycles. The van der Waals surface area contributed by atoms with E-state index in [4.69, 9.17) is 24.5 Å². The van der Waals surface area contributed by atoms with Crippen LogP contribution >= 0.6 is 7.52 Å². The molecule has 3 heterocycles. The van der Waals surface area contributed by atoms with Crippen molar-refractivity contribution in [3.05, 3.63) is 54.8 Å². The van der Waals surface area contributed by atoms with Gasteiger partial charge >= 0.3 is 7.52 Å². The van der Waals surface area contributed by atoms with E-state index in [-0.39, 0.29) is 12.5 Å². The number of nitrogens with one attached hydrogen (secondary N) is 1. The van der Waals surface area contributed by atoms with Crippen LogP contribution in [0.15, 0.2) is 54.8 Å². The van der Waals surface area contributed by atoms with Crippen molar-refractivity contribution in [2.24, 2.45) is 0 Å². The zero-order valence-corrected chi connectivity index (χ0v) is 20.2. The third kappa shape index (κ3) is 5.74. The molecule has 1 aliphatic rings. The van der Waals surface area contributed by atoms with Gasteiger partial charge in [0, 0.05) is 0 Å². The highest BCUT2D eigenvalue weighted by Crippen LogP contribution is 2.44. The first-order valence-electron chi connectivity index (χ1n) is 10.9. The number of nitrogens with two attached hydrogens (primary N) is 1. The Kier molecular flexibility index (Phi) is 7.47. The molecule has 0 bridgehead atoms. The number of benzene rings is 1. The molecule has 0 amide bonds. The monoisotopic (exact) mass is 488 g/mol. The quantitative estimate of drug-likeness (QED) is 0.409. The fourth-order valence-corrected chi connectivity index (χ4v) is 5.31. The van der Waals surface area contributed by atoms with Crippen LogP contribution in [-0.4, -0.2) is 50.9 Å². The van der Waals surface area contributed by atoms with Crippen molar-refractivity contribution in [3.63, 3.8) is 0 Å². The van der Waals surface area contributed by atoms with E-state index in [9.17, 15) is 4.57 Å². The second kappa shape index (κ2) is 10.5. The molecule has 2 unspecified atom stereocenters. The summed E-state index contributed by atoms with van der Waals surface area (Å²) >= 11 is 0. The van der Waals surface area contributed by atoms with Crippen LogP contribution in [-0.2, 0) is 25.3 Å². The van der Waals surface area contributed by atoms with Gasteiger partial charge in [-0.3, -0.25) is 4.57 Å². The molecule has 1 aliphatic heterocycles. The van der Waals surface area contributed by atoms with Crippen molar-refractivity contribution < 1.29 is 23.3 Å². The predicted octanol–water partition coefficient (Wildman–Crippen LogP) is 3.30. The fourth-order valence-electron chi connectivity index (χ4n) is 3.48. The summed E-state index contributed by atoms with van der Waals surface area (Å²) in [4.78, 5) is 12.5. The number of para-hydroxylation sites is 1. The number of fused-ring (bicyclic) bond motifs is 1. The third-order valence-corrected chi connectivity index (χ3v) is 6.99. The smallest absolute Gasteiger partial charge is 0.342 e. The third-order valence-electron chi connectivity index (χ3n) is 5.20. The summed E-state index contributed by atoms with van der Waals surface area (Å²) in [5.74, 6) is 1.52. The number of allylic oxidation sites excluding steroid dienone is 1. The summed E-state index contributed by atoms with van der Waals surface area (Å²) in [5.41, 5.74) is 6.99. The summed E-state index contributed by atoms with van der Waals surface area (Å²) in [6, 6.07) is 8.55. The maximum Gasteiger partial charge on any atom is 0.342 e. The Hall–Kier alpha value is -2.98. The van der Waals surface area contributed by atoms with Crippen molar-refractivity contribution in [1.82, 2.24) is 24.6 Å². The zero-order valence-electron chi connectivity index (χ0n) is 19.3. The molecule has 0 saturated carbocycles. The van der Waals surface area contributed by atoms with E-state index in [0.717, 1.165) is 5.76 Å². The van der Waals surface area contributed by atoms with Crippen LogP contribution in [0.2, 0.25) is 0 Å². The molecular formula is C22H29N6O5P. The van der Waals surface area contributed by atoms with Gasteiger partial charge in [-0.1, -0.05) is 18.2 Å². The number of hydrogen-bond acceptors (Lipinski definition) is 9. The van der Waals surface area contributed by atoms with Gasteiger partial charge < -0.3 is 29.0 Å². The van der Waals surface area contributed by atoms with Gasteiger partial charge in [0.2, 0.25) is 6.29 Å². The van der Waals surface area contributed by atoms with E-state index in [0.29, 0.717) is 35.9 Å². The van der Waals surface area contributed by atoms with Gasteiger partial charge in [0.15, 0.2) is 11.5 Å². The normalized spacial score (nSPS) is 20.7. The van der Waals surface area contributed by atoms with Crippen LogP contribution in [0, 0.1) is 0 Å². The Morgan fingerprint density at radius 1 is 1.29 bits per heavy atom. The first-order valence-corrected chi connectivity index (χ1v) is 12.8. The lowest BCUT2D eigenvalue weighted by molar-refractivity contribution is -0.0500. The molecule has 11 nitrogen and oxygen atoms in total. The maximum absolute atomic E-state index is 13.8. The highest BCUT2D eigenvalue weighted by Gasteiger charge is 2.35. The lowest BCUT2D eigenvalue weighted by atomic mass is 10.3. The topological polar surface area (TPSA) is 136 Å². The van der Waals surface area contributed by atoms with Crippen molar-refractivity contribution in [2.75, 3.05) is 18.7 Å². The Morgan fingerprint density at radius 3 is 2.82 bits per heavy atom. The lowest BCUT2D eigenvalue weighted by Gasteiger charge is -2.27. The first kappa shape index (κ1) is 24.2. The van der Waals surface area contributed by atoms with Crippen LogP contribution in [0.25, 0.3) is 11.2 Å². The van der Waals surface area contributed by atoms with Crippen LogP contribution in [0.4, 0.5) is 5.82 Å². The van der Waals surface area contributed by atoms with Crippen molar-refractivity contribution in [2.45, 2.75) is 45.8 Å². The standard InChI is InChI=1S/C22H29N6O5P/c1-4-17-11-30-22(32-17)16(3)27-34(29,33-18-8-6-5-7-9-18)14-31-15(2)10-28-13-26-19-20(23)24-12-25-21(19)28/h4-9,12-13,15-16,22H,10-11,14H2,1-3H3,(H,27,29)(H2,23,24,25)/b17-4-/t15-,16+,22?,34?/m1/s1. The van der Waals surface area contributed by atoms with Gasteiger partial charge in [-0.05, 0) is 39.0 Å². The van der Waals surface area contributed by atoms with Gasteiger partial charge in [0.1, 0.15) is 36.3 Å². The first-order chi connectivity index (χ1) is 16.4. The van der Waals surface area contributed by atoms with E-state index in [1.165, 1.54) is 6.33 Å². The molecule has 4 rings (SSSR count). The molecule has 34 heavy (non-hydrogen) atoms. The molecule has 1 aromatic carbocycles. The molecule has 0 spiro atoms. The number of nitrogens with zero attached hydrogens (tertiary/aromatic N) is 4. The largest absolute Gasteiger partial charge is 0.465 e. The van der Waals surface area contributed by atoms with Gasteiger partial charge in [0.25, 0.3) is 0 Å². The number of aromatic nitrogens is 4. The van der Waals surface area contributed by atoms with E-state index < -0.39 is 19.9 Å². The van der Waals surface area contributed by atoms with Gasteiger partial charge in [-0.2, -0.15) is 0 Å². The minimum atomic E-state index is -3.50. The minimum Gasteiger partial charge on any atom is -0.465 e. The molecule has 3 aromatic rings. The number of ether oxygens (including phenoxy) is 3. The molecule has 2 aromatic heterocycles. The molecular weight excluding hydrogens is 459 g/mol. The van der Waals surface area contributed by atoms with Crippen molar-refractivity contribution in [1.29, 1.82) is 0 Å². The molecule has 4 atom stereocenters. The van der Waals surface area contributed by atoms with Crippen molar-refractivity contribution >= 4 is 24.5 Å². The Labute approximate surface area is 197 Å². The Bertz CT molecular complexity index is 1190. The molecule has 0 radical (unpaired) electrons. The van der Waals surface area contributed by atoms with Crippen LogP contribution in [0.1, 0.15) is 20.8 Å². The van der Waals surface area contributed by atoms with Gasteiger partial charge in [0.05, 0.1) is 25.0 Å². The summed E-state index contributed by atoms with van der Waals surface area (Å²) < 4.78 is 38.9. The SMILES string of the molecule is C/C=C1/COC([C@H](C)NP(=O)(CO[C@H](C)Cn2cnc3c(N)ncnc32)Oc2ccccc2)O1. The van der Waals surface area contributed by atoms with Crippen LogP contribution in [0.5, 0.6) is 5.75 Å². The van der Waals surface area contributed by atoms with Gasteiger partial charge in [-0.15, -0.1) is 0 Å². The van der Waals surface area contributed by atoms with E-state index in [2.05, 4.69) is 20.0 Å². The van der Waals surface area contributed by atoms with Crippen LogP contribution < -0.4 is 15.3 Å². The molecule has 0 aliphatic carbocycles. The molecule has 182 valence electrons. The highest BCUT2D eigenvalue weighted by atomic mass is 31.2. The second-order valence-electron chi connectivity index (χ2n) is 7.98. The maximum atomic E-state index is 13.8. The fraction of sp³-hybridized carbons (Fsp3) is 0.409. The Balaban J connectivity index is 1.44. The summed E-state index contributed by atoms with van der Waals surface area (Å²) in [7, 11) is -3.50. The number of hydrogen-bond donors (Lipinski definition) is 2. The van der Waals surface area contributed by atoms with Crippen LogP contribution in [0.3, 0.4) is 0 Å². The average Bonchev–Trinajstić information content (AvgIpc) is 3.47. The summed E-state index contributed by atoms with van der Waals surface area (Å²) in [6.07, 6.45) is 3.78. The number of rotatable bonds is 10. The van der Waals surface area contributed by atoms with Crippen molar-refractivity contribution in [3.8, 4) is 5.75 Å². The summed E-state index contributed by atoms with van der Waals surface area (Å²) in [5, 5.41) is 3.05. The lowest BCUT2D eigenvalue weighted by Crippen LogP contribution is -2.38. The number of imidazole rings is 1. The Morgan fingerprint density at radius 2 is 2.09 bits per heavy atom. The number of nitrogen functional groups attached to an aromatic ring is 1. The predicted molar refractivity (Wildman–Crippen MR) is 127 cm³/mol. The molecule has 3 N–H and O–H groups in total. The highest BCUT2D eigenvalue weighted by molar-refractivity contribution is 7.57. The summed E-state index contributed by atoms with van der Waals surface area (Å²) in [6.45, 7) is 6.37. The number of anilines is 1. The average molecular weight is 488 g/mol.